The lowest BCUT2D eigenvalue weighted by molar-refractivity contribution is 0.348. The van der Waals surface area contributed by atoms with Crippen LogP contribution in [0.2, 0.25) is 0 Å². The van der Waals surface area contributed by atoms with E-state index in [1.54, 1.807) is 0 Å². The van der Waals surface area contributed by atoms with Gasteiger partial charge in [0.25, 0.3) is 0 Å². The summed E-state index contributed by atoms with van der Waals surface area (Å²) in [6.07, 6.45) is 0. The Morgan fingerprint density at radius 3 is 2.23 bits per heavy atom. The van der Waals surface area contributed by atoms with Crippen LogP contribution in [0.4, 0.5) is 5.69 Å². The highest BCUT2D eigenvalue weighted by atomic mass is 15.1. The number of hydrogen-bond donors (Lipinski definition) is 1. The van der Waals surface area contributed by atoms with Crippen molar-refractivity contribution in [3.05, 3.63) is 65.7 Å². The van der Waals surface area contributed by atoms with Crippen molar-refractivity contribution >= 4 is 5.69 Å². The molecule has 0 aliphatic carbocycles. The summed E-state index contributed by atoms with van der Waals surface area (Å²) >= 11 is 0. The number of nitrogens with zero attached hydrogens (tertiary/aromatic N) is 1. The highest BCUT2D eigenvalue weighted by Crippen LogP contribution is 2.21. The molecular weight excluding hydrogens is 268 g/mol. The standard InChI is InChI=1S/C20H26N2/c1-16(2)19-10-8-17(9-11-19)14-22(15-18-12-21-13-18)20-6-4-3-5-7-20/h3-11,16,18,21H,12-15H2,1-2H3. The Morgan fingerprint density at radius 1 is 1.00 bits per heavy atom. The minimum Gasteiger partial charge on any atom is -0.367 e. The molecule has 116 valence electrons. The average Bonchev–Trinajstić information content (AvgIpc) is 2.51. The summed E-state index contributed by atoms with van der Waals surface area (Å²) < 4.78 is 0. The van der Waals surface area contributed by atoms with Crippen LogP contribution in [0.25, 0.3) is 0 Å². The zero-order valence-corrected chi connectivity index (χ0v) is 13.6. The van der Waals surface area contributed by atoms with Crippen LogP contribution in [0.1, 0.15) is 30.9 Å². The van der Waals surface area contributed by atoms with Crippen LogP contribution in [-0.4, -0.2) is 19.6 Å². The molecule has 0 spiro atoms. The molecule has 1 fully saturated rings. The van der Waals surface area contributed by atoms with Crippen LogP contribution in [0.5, 0.6) is 0 Å². The van der Waals surface area contributed by atoms with Gasteiger partial charge >= 0.3 is 0 Å². The highest BCUT2D eigenvalue weighted by molar-refractivity contribution is 5.47. The van der Waals surface area contributed by atoms with E-state index in [0.717, 1.165) is 32.1 Å². The van der Waals surface area contributed by atoms with E-state index >= 15 is 0 Å². The number of benzene rings is 2. The van der Waals surface area contributed by atoms with Gasteiger partial charge in [-0.3, -0.25) is 0 Å². The van der Waals surface area contributed by atoms with Crippen LogP contribution < -0.4 is 10.2 Å². The first-order chi connectivity index (χ1) is 10.7. The minimum atomic E-state index is 0.598. The van der Waals surface area contributed by atoms with Crippen molar-refractivity contribution in [2.24, 2.45) is 5.92 Å². The van der Waals surface area contributed by atoms with Gasteiger partial charge in [-0.15, -0.1) is 0 Å². The Hall–Kier alpha value is -1.80. The van der Waals surface area contributed by atoms with Crippen LogP contribution in [-0.2, 0) is 6.54 Å². The molecule has 0 amide bonds. The Morgan fingerprint density at radius 2 is 1.68 bits per heavy atom. The van der Waals surface area contributed by atoms with E-state index in [0.29, 0.717) is 5.92 Å². The Bertz CT molecular complexity index is 570. The van der Waals surface area contributed by atoms with E-state index in [4.69, 9.17) is 0 Å². The SMILES string of the molecule is CC(C)c1ccc(CN(CC2CNC2)c2ccccc2)cc1. The first-order valence-corrected chi connectivity index (χ1v) is 8.32. The van der Waals surface area contributed by atoms with Crippen molar-refractivity contribution in [1.29, 1.82) is 0 Å². The number of nitrogens with one attached hydrogen (secondary N) is 1. The van der Waals surface area contributed by atoms with Gasteiger partial charge in [0.15, 0.2) is 0 Å². The summed E-state index contributed by atoms with van der Waals surface area (Å²) in [5, 5.41) is 3.38. The van der Waals surface area contributed by atoms with Crippen molar-refractivity contribution in [3.63, 3.8) is 0 Å². The molecule has 1 heterocycles. The third-order valence-electron chi connectivity index (χ3n) is 4.49. The van der Waals surface area contributed by atoms with Crippen molar-refractivity contribution < 1.29 is 0 Å². The second-order valence-corrected chi connectivity index (χ2v) is 6.64. The summed E-state index contributed by atoms with van der Waals surface area (Å²) in [5.41, 5.74) is 4.13. The van der Waals surface area contributed by atoms with Gasteiger partial charge in [0, 0.05) is 37.8 Å². The Kier molecular flexibility index (Phi) is 4.79. The zero-order valence-electron chi connectivity index (χ0n) is 13.6. The molecular formula is C20H26N2. The molecule has 0 saturated carbocycles. The van der Waals surface area contributed by atoms with Crippen LogP contribution in [0.15, 0.2) is 54.6 Å². The summed E-state index contributed by atoms with van der Waals surface area (Å²) in [4.78, 5) is 2.51. The maximum atomic E-state index is 3.38. The first-order valence-electron chi connectivity index (χ1n) is 8.32. The number of para-hydroxylation sites is 1. The molecule has 0 atom stereocenters. The molecule has 22 heavy (non-hydrogen) atoms. The van der Waals surface area contributed by atoms with E-state index in [-0.39, 0.29) is 0 Å². The van der Waals surface area contributed by atoms with Gasteiger partial charge in [0.05, 0.1) is 0 Å². The lowest BCUT2D eigenvalue weighted by atomic mass is 10.00. The van der Waals surface area contributed by atoms with Gasteiger partial charge in [-0.2, -0.15) is 0 Å². The fourth-order valence-corrected chi connectivity index (χ4v) is 2.92. The summed E-state index contributed by atoms with van der Waals surface area (Å²) in [7, 11) is 0. The second kappa shape index (κ2) is 6.97. The summed E-state index contributed by atoms with van der Waals surface area (Å²) in [6, 6.07) is 19.9. The predicted octanol–water partition coefficient (Wildman–Crippen LogP) is 4.04. The molecule has 1 saturated heterocycles. The fraction of sp³-hybridized carbons (Fsp3) is 0.400. The van der Waals surface area contributed by atoms with Gasteiger partial charge in [0.1, 0.15) is 0 Å². The zero-order chi connectivity index (χ0) is 15.4. The normalized spacial score (nSPS) is 14.9. The van der Waals surface area contributed by atoms with E-state index in [9.17, 15) is 0 Å². The molecule has 2 nitrogen and oxygen atoms in total. The van der Waals surface area contributed by atoms with Gasteiger partial charge in [0.2, 0.25) is 0 Å². The third kappa shape index (κ3) is 3.69. The van der Waals surface area contributed by atoms with Crippen molar-refractivity contribution in [3.8, 4) is 0 Å². The molecule has 0 unspecified atom stereocenters. The van der Waals surface area contributed by atoms with Crippen molar-refractivity contribution in [1.82, 2.24) is 5.32 Å². The second-order valence-electron chi connectivity index (χ2n) is 6.64. The van der Waals surface area contributed by atoms with Crippen LogP contribution in [0, 0.1) is 5.92 Å². The topological polar surface area (TPSA) is 15.3 Å². The largest absolute Gasteiger partial charge is 0.367 e. The number of hydrogen-bond acceptors (Lipinski definition) is 2. The average molecular weight is 294 g/mol. The molecule has 2 aromatic rings. The Labute approximate surface area is 134 Å². The van der Waals surface area contributed by atoms with Crippen LogP contribution >= 0.6 is 0 Å². The smallest absolute Gasteiger partial charge is 0.0429 e. The lowest BCUT2D eigenvalue weighted by Crippen LogP contribution is -2.48. The van der Waals surface area contributed by atoms with Crippen molar-refractivity contribution in [2.45, 2.75) is 26.3 Å². The molecule has 1 N–H and O–H groups in total. The maximum Gasteiger partial charge on any atom is 0.0429 e. The molecule has 0 bridgehead atoms. The highest BCUT2D eigenvalue weighted by Gasteiger charge is 2.20. The maximum absolute atomic E-state index is 3.38. The first kappa shape index (κ1) is 15.1. The summed E-state index contributed by atoms with van der Waals surface area (Å²) in [6.45, 7) is 8.90. The summed E-state index contributed by atoms with van der Waals surface area (Å²) in [5.74, 6) is 1.37. The minimum absolute atomic E-state index is 0.598. The van der Waals surface area contributed by atoms with Gasteiger partial charge in [-0.05, 0) is 29.2 Å². The van der Waals surface area contributed by atoms with E-state index in [1.165, 1.54) is 16.8 Å². The molecule has 2 aromatic carbocycles. The monoisotopic (exact) mass is 294 g/mol. The molecule has 1 aliphatic heterocycles. The third-order valence-corrected chi connectivity index (χ3v) is 4.49. The molecule has 0 aromatic heterocycles. The van der Waals surface area contributed by atoms with Gasteiger partial charge in [-0.1, -0.05) is 56.3 Å². The molecule has 1 aliphatic rings. The van der Waals surface area contributed by atoms with Gasteiger partial charge < -0.3 is 10.2 Å². The van der Waals surface area contributed by atoms with Crippen LogP contribution in [0.3, 0.4) is 0 Å². The Balaban J connectivity index is 1.74. The van der Waals surface area contributed by atoms with E-state index in [2.05, 4.69) is 78.7 Å². The number of anilines is 1. The van der Waals surface area contributed by atoms with E-state index in [1.807, 2.05) is 0 Å². The van der Waals surface area contributed by atoms with Gasteiger partial charge in [-0.25, -0.2) is 0 Å². The quantitative estimate of drug-likeness (QED) is 0.865. The lowest BCUT2D eigenvalue weighted by Gasteiger charge is -2.34. The predicted molar refractivity (Wildman–Crippen MR) is 94.4 cm³/mol. The molecule has 0 radical (unpaired) electrons. The molecule has 3 rings (SSSR count). The van der Waals surface area contributed by atoms with E-state index < -0.39 is 0 Å². The number of rotatable bonds is 6. The fourth-order valence-electron chi connectivity index (χ4n) is 2.92. The molecule has 2 heteroatoms. The van der Waals surface area contributed by atoms with Crippen molar-refractivity contribution in [2.75, 3.05) is 24.5 Å².